The van der Waals surface area contributed by atoms with Gasteiger partial charge in [-0.3, -0.25) is 4.79 Å². The topological polar surface area (TPSA) is 75.6 Å². The van der Waals surface area contributed by atoms with Crippen molar-refractivity contribution in [1.29, 1.82) is 0 Å². The molecule has 0 bridgehead atoms. The zero-order valence-corrected chi connectivity index (χ0v) is 11.6. The lowest BCUT2D eigenvalue weighted by molar-refractivity contribution is 0.0717. The first kappa shape index (κ1) is 13.7. The molecule has 1 aromatic carbocycles. The fourth-order valence-electron chi connectivity index (χ4n) is 2.65. The Labute approximate surface area is 114 Å². The summed E-state index contributed by atoms with van der Waals surface area (Å²) in [6, 6.07) is 5.36. The van der Waals surface area contributed by atoms with Crippen molar-refractivity contribution in [2.45, 2.75) is 18.9 Å². The lowest BCUT2D eigenvalue weighted by Gasteiger charge is -2.27. The van der Waals surface area contributed by atoms with Gasteiger partial charge in [0.05, 0.1) is 5.56 Å². The molecule has 1 fully saturated rings. The first-order valence-corrected chi connectivity index (χ1v) is 6.59. The van der Waals surface area contributed by atoms with Gasteiger partial charge in [0.2, 0.25) is 0 Å². The fraction of sp³-hybridized carbons (Fsp3) is 0.500. The van der Waals surface area contributed by atoms with E-state index in [2.05, 4.69) is 4.90 Å². The van der Waals surface area contributed by atoms with Crippen LogP contribution in [0.1, 0.15) is 23.2 Å². The van der Waals surface area contributed by atoms with Crippen LogP contribution in [0.2, 0.25) is 0 Å². The SMILES string of the molecule is CN(C)CC1CCCN1C(=O)c1ccc(N)cc1N. The molecule has 0 aromatic heterocycles. The van der Waals surface area contributed by atoms with Crippen LogP contribution in [0.4, 0.5) is 11.4 Å². The summed E-state index contributed by atoms with van der Waals surface area (Å²) < 4.78 is 0. The third kappa shape index (κ3) is 2.98. The molecule has 1 heterocycles. The maximum atomic E-state index is 12.6. The maximum absolute atomic E-state index is 12.6. The summed E-state index contributed by atoms with van der Waals surface area (Å²) in [6.45, 7) is 1.70. The number of anilines is 2. The van der Waals surface area contributed by atoms with E-state index in [0.29, 0.717) is 16.9 Å². The lowest BCUT2D eigenvalue weighted by atomic mass is 10.1. The number of hydrogen-bond donors (Lipinski definition) is 2. The number of benzene rings is 1. The first-order valence-electron chi connectivity index (χ1n) is 6.59. The zero-order chi connectivity index (χ0) is 14.0. The molecule has 1 saturated heterocycles. The molecule has 5 nitrogen and oxygen atoms in total. The highest BCUT2D eigenvalue weighted by molar-refractivity contribution is 6.00. The van der Waals surface area contributed by atoms with E-state index in [0.717, 1.165) is 25.9 Å². The predicted octanol–water partition coefficient (Wildman–Crippen LogP) is 1.02. The molecule has 1 aliphatic heterocycles. The smallest absolute Gasteiger partial charge is 0.256 e. The van der Waals surface area contributed by atoms with Gasteiger partial charge in [-0.25, -0.2) is 0 Å². The second kappa shape index (κ2) is 5.48. The molecule has 1 aliphatic rings. The number of carbonyl (C=O) groups is 1. The van der Waals surface area contributed by atoms with Gasteiger partial charge in [-0.05, 0) is 45.1 Å². The van der Waals surface area contributed by atoms with Gasteiger partial charge >= 0.3 is 0 Å². The maximum Gasteiger partial charge on any atom is 0.256 e. The molecule has 5 heteroatoms. The molecule has 104 valence electrons. The fourth-order valence-corrected chi connectivity index (χ4v) is 2.65. The summed E-state index contributed by atoms with van der Waals surface area (Å²) >= 11 is 0. The number of nitrogens with two attached hydrogens (primary N) is 2. The van der Waals surface area contributed by atoms with Gasteiger partial charge in [0.25, 0.3) is 5.91 Å². The van der Waals surface area contributed by atoms with E-state index in [1.165, 1.54) is 0 Å². The van der Waals surface area contributed by atoms with Crippen molar-refractivity contribution in [2.24, 2.45) is 0 Å². The average molecular weight is 262 g/mol. The van der Waals surface area contributed by atoms with Crippen LogP contribution >= 0.6 is 0 Å². The molecule has 1 aromatic rings. The molecule has 0 saturated carbocycles. The van der Waals surface area contributed by atoms with Crippen LogP contribution in [-0.2, 0) is 0 Å². The number of nitrogens with zero attached hydrogens (tertiary/aromatic N) is 2. The Bertz CT molecular complexity index is 473. The van der Waals surface area contributed by atoms with Crippen molar-refractivity contribution in [3.05, 3.63) is 23.8 Å². The van der Waals surface area contributed by atoms with Crippen molar-refractivity contribution in [1.82, 2.24) is 9.80 Å². The number of likely N-dealkylation sites (tertiary alicyclic amines) is 1. The second-order valence-electron chi connectivity index (χ2n) is 5.40. The standard InChI is InChI=1S/C14H22N4O/c1-17(2)9-11-4-3-7-18(11)14(19)12-6-5-10(15)8-13(12)16/h5-6,8,11H,3-4,7,9,15-16H2,1-2H3. The number of amides is 1. The second-order valence-corrected chi connectivity index (χ2v) is 5.40. The monoisotopic (exact) mass is 262 g/mol. The minimum absolute atomic E-state index is 0.0156. The van der Waals surface area contributed by atoms with Gasteiger partial charge in [0.1, 0.15) is 0 Å². The van der Waals surface area contributed by atoms with Crippen LogP contribution in [0.25, 0.3) is 0 Å². The van der Waals surface area contributed by atoms with E-state index in [1.54, 1.807) is 18.2 Å². The van der Waals surface area contributed by atoms with Crippen molar-refractivity contribution in [2.75, 3.05) is 38.7 Å². The van der Waals surface area contributed by atoms with E-state index in [4.69, 9.17) is 11.5 Å². The summed E-state index contributed by atoms with van der Waals surface area (Å²) in [5.74, 6) is 0.0156. The molecule has 0 spiro atoms. The van der Waals surface area contributed by atoms with Crippen LogP contribution in [0.15, 0.2) is 18.2 Å². The highest BCUT2D eigenvalue weighted by Gasteiger charge is 2.30. The van der Waals surface area contributed by atoms with Gasteiger partial charge in [0.15, 0.2) is 0 Å². The van der Waals surface area contributed by atoms with Crippen molar-refractivity contribution in [3.8, 4) is 0 Å². The summed E-state index contributed by atoms with van der Waals surface area (Å²) in [5.41, 5.74) is 13.2. The highest BCUT2D eigenvalue weighted by atomic mass is 16.2. The van der Waals surface area contributed by atoms with Crippen LogP contribution in [0, 0.1) is 0 Å². The van der Waals surface area contributed by atoms with Gasteiger partial charge in [0, 0.05) is 30.5 Å². The summed E-state index contributed by atoms with van der Waals surface area (Å²) in [7, 11) is 4.05. The van der Waals surface area contributed by atoms with E-state index in [1.807, 2.05) is 19.0 Å². The van der Waals surface area contributed by atoms with E-state index in [-0.39, 0.29) is 11.9 Å². The number of likely N-dealkylation sites (N-methyl/N-ethyl adjacent to an activating group) is 1. The molecular weight excluding hydrogens is 240 g/mol. The average Bonchev–Trinajstić information content (AvgIpc) is 2.75. The van der Waals surface area contributed by atoms with Crippen molar-refractivity contribution in [3.63, 3.8) is 0 Å². The summed E-state index contributed by atoms with van der Waals surface area (Å²) in [6.07, 6.45) is 2.11. The zero-order valence-electron chi connectivity index (χ0n) is 11.6. The molecule has 1 atom stereocenters. The molecule has 1 amide bonds. The Morgan fingerprint density at radius 2 is 2.16 bits per heavy atom. The molecule has 0 radical (unpaired) electrons. The molecule has 0 aliphatic carbocycles. The van der Waals surface area contributed by atoms with E-state index in [9.17, 15) is 4.79 Å². The molecule has 1 unspecified atom stereocenters. The molecular formula is C14H22N4O. The number of hydrogen-bond acceptors (Lipinski definition) is 4. The van der Waals surface area contributed by atoms with Gasteiger partial charge in [-0.15, -0.1) is 0 Å². The van der Waals surface area contributed by atoms with E-state index >= 15 is 0 Å². The van der Waals surface area contributed by atoms with Crippen molar-refractivity contribution >= 4 is 17.3 Å². The third-order valence-corrected chi connectivity index (χ3v) is 3.52. The largest absolute Gasteiger partial charge is 0.399 e. The number of nitrogen functional groups attached to an aromatic ring is 2. The Morgan fingerprint density at radius 3 is 2.79 bits per heavy atom. The van der Waals surface area contributed by atoms with Crippen molar-refractivity contribution < 1.29 is 4.79 Å². The predicted molar refractivity (Wildman–Crippen MR) is 77.9 cm³/mol. The third-order valence-electron chi connectivity index (χ3n) is 3.52. The van der Waals surface area contributed by atoms with Crippen LogP contribution in [0.5, 0.6) is 0 Å². The Morgan fingerprint density at radius 1 is 1.42 bits per heavy atom. The van der Waals surface area contributed by atoms with Gasteiger partial charge < -0.3 is 21.3 Å². The molecule has 4 N–H and O–H groups in total. The summed E-state index contributed by atoms with van der Waals surface area (Å²) in [5, 5.41) is 0. The number of rotatable bonds is 3. The van der Waals surface area contributed by atoms with E-state index < -0.39 is 0 Å². The first-order chi connectivity index (χ1) is 8.99. The van der Waals surface area contributed by atoms with Crippen LogP contribution < -0.4 is 11.5 Å². The van der Waals surface area contributed by atoms with Gasteiger partial charge in [-0.2, -0.15) is 0 Å². The Hall–Kier alpha value is -1.75. The molecule has 19 heavy (non-hydrogen) atoms. The number of carbonyl (C=O) groups excluding carboxylic acids is 1. The van der Waals surface area contributed by atoms with Gasteiger partial charge in [-0.1, -0.05) is 0 Å². The highest BCUT2D eigenvalue weighted by Crippen LogP contribution is 2.24. The quantitative estimate of drug-likeness (QED) is 0.797. The minimum atomic E-state index is 0.0156. The minimum Gasteiger partial charge on any atom is -0.399 e. The van der Waals surface area contributed by atoms with Crippen LogP contribution in [-0.4, -0.2) is 48.9 Å². The summed E-state index contributed by atoms with van der Waals surface area (Å²) in [4.78, 5) is 16.6. The Balaban J connectivity index is 2.18. The lowest BCUT2D eigenvalue weighted by Crippen LogP contribution is -2.41. The normalized spacial score (nSPS) is 19.1. The Kier molecular flexibility index (Phi) is 3.95. The van der Waals surface area contributed by atoms with Crippen LogP contribution in [0.3, 0.4) is 0 Å². The molecule has 2 rings (SSSR count).